The lowest BCUT2D eigenvalue weighted by Gasteiger charge is -2.24. The predicted octanol–water partition coefficient (Wildman–Crippen LogP) is 3.11. The lowest BCUT2D eigenvalue weighted by atomic mass is 10.0. The zero-order valence-electron chi connectivity index (χ0n) is 13.7. The van der Waals surface area contributed by atoms with Gasteiger partial charge in [-0.3, -0.25) is 5.01 Å². The minimum atomic E-state index is -0.274. The molecule has 1 unspecified atom stereocenters. The van der Waals surface area contributed by atoms with Crippen LogP contribution in [0.25, 0.3) is 0 Å². The van der Waals surface area contributed by atoms with Crippen LogP contribution in [-0.2, 0) is 0 Å². The average Bonchev–Trinajstić information content (AvgIpc) is 3.06. The van der Waals surface area contributed by atoms with Crippen molar-refractivity contribution in [2.45, 2.75) is 12.5 Å². The van der Waals surface area contributed by atoms with Crippen LogP contribution in [0.2, 0.25) is 0 Å². The van der Waals surface area contributed by atoms with Gasteiger partial charge in [-0.15, -0.1) is 0 Å². The Morgan fingerprint density at radius 1 is 1.12 bits per heavy atom. The second kappa shape index (κ2) is 6.88. The molecule has 2 aromatic rings. The molecule has 1 aliphatic rings. The number of ether oxygens (including phenoxy) is 2. The van der Waals surface area contributed by atoms with Gasteiger partial charge in [-0.2, -0.15) is 5.10 Å². The molecule has 2 aromatic carbocycles. The van der Waals surface area contributed by atoms with Crippen molar-refractivity contribution in [1.82, 2.24) is 0 Å². The first-order valence-electron chi connectivity index (χ1n) is 7.69. The monoisotopic (exact) mass is 329 g/mol. The SMILES string of the molecule is COc1ccc(C2CC(CN)=NN2c2ccc(F)cc2)cc1OC. The summed E-state index contributed by atoms with van der Waals surface area (Å²) in [4.78, 5) is 0. The zero-order chi connectivity index (χ0) is 17.1. The Bertz CT molecular complexity index is 746. The van der Waals surface area contributed by atoms with Crippen molar-refractivity contribution in [3.63, 3.8) is 0 Å². The van der Waals surface area contributed by atoms with E-state index in [0.29, 0.717) is 24.5 Å². The minimum Gasteiger partial charge on any atom is -0.493 e. The molecule has 0 aliphatic carbocycles. The molecular weight excluding hydrogens is 309 g/mol. The lowest BCUT2D eigenvalue weighted by Crippen LogP contribution is -2.18. The summed E-state index contributed by atoms with van der Waals surface area (Å²) in [5.74, 6) is 1.06. The Kier molecular flexibility index (Phi) is 4.66. The zero-order valence-corrected chi connectivity index (χ0v) is 13.7. The van der Waals surface area contributed by atoms with E-state index in [-0.39, 0.29) is 11.9 Å². The van der Waals surface area contributed by atoms with Crippen LogP contribution in [0, 0.1) is 5.82 Å². The van der Waals surface area contributed by atoms with E-state index in [1.807, 2.05) is 23.2 Å². The average molecular weight is 329 g/mol. The van der Waals surface area contributed by atoms with Gasteiger partial charge in [-0.05, 0) is 42.0 Å². The van der Waals surface area contributed by atoms with Gasteiger partial charge < -0.3 is 15.2 Å². The Balaban J connectivity index is 1.98. The molecule has 2 N–H and O–H groups in total. The number of hydrazone groups is 1. The summed E-state index contributed by atoms with van der Waals surface area (Å²) in [5.41, 5.74) is 8.53. The molecule has 0 spiro atoms. The maximum absolute atomic E-state index is 13.2. The third kappa shape index (κ3) is 3.05. The van der Waals surface area contributed by atoms with Gasteiger partial charge in [-0.1, -0.05) is 6.07 Å². The highest BCUT2D eigenvalue weighted by Gasteiger charge is 2.29. The molecule has 0 bridgehead atoms. The summed E-state index contributed by atoms with van der Waals surface area (Å²) in [7, 11) is 3.21. The highest BCUT2D eigenvalue weighted by atomic mass is 19.1. The Hall–Kier alpha value is -2.60. The Morgan fingerprint density at radius 2 is 1.83 bits per heavy atom. The first kappa shape index (κ1) is 16.3. The third-order valence-corrected chi connectivity index (χ3v) is 4.09. The van der Waals surface area contributed by atoms with Crippen molar-refractivity contribution in [2.75, 3.05) is 25.8 Å². The van der Waals surface area contributed by atoms with Crippen LogP contribution in [0.5, 0.6) is 11.5 Å². The van der Waals surface area contributed by atoms with E-state index in [1.165, 1.54) is 12.1 Å². The number of rotatable bonds is 5. The van der Waals surface area contributed by atoms with Crippen LogP contribution in [-0.4, -0.2) is 26.5 Å². The molecule has 126 valence electrons. The van der Waals surface area contributed by atoms with Crippen LogP contribution < -0.4 is 20.2 Å². The van der Waals surface area contributed by atoms with Crippen LogP contribution in [0.4, 0.5) is 10.1 Å². The van der Waals surface area contributed by atoms with Crippen LogP contribution in [0.15, 0.2) is 47.6 Å². The normalized spacial score (nSPS) is 16.9. The summed E-state index contributed by atoms with van der Waals surface area (Å²) in [6.07, 6.45) is 0.712. The highest BCUT2D eigenvalue weighted by molar-refractivity contribution is 5.90. The van der Waals surface area contributed by atoms with E-state index in [1.54, 1.807) is 26.4 Å². The molecule has 5 nitrogen and oxygen atoms in total. The fourth-order valence-electron chi connectivity index (χ4n) is 2.85. The summed E-state index contributed by atoms with van der Waals surface area (Å²) >= 11 is 0. The predicted molar refractivity (Wildman–Crippen MR) is 92.3 cm³/mol. The van der Waals surface area contributed by atoms with Crippen molar-refractivity contribution in [3.05, 3.63) is 53.8 Å². The first-order chi connectivity index (χ1) is 11.7. The number of nitrogens with two attached hydrogens (primary N) is 1. The van der Waals surface area contributed by atoms with E-state index in [9.17, 15) is 4.39 Å². The van der Waals surface area contributed by atoms with Gasteiger partial charge in [0.15, 0.2) is 11.5 Å². The first-order valence-corrected chi connectivity index (χ1v) is 7.69. The number of hydrogen-bond acceptors (Lipinski definition) is 5. The van der Waals surface area contributed by atoms with Gasteiger partial charge in [0, 0.05) is 13.0 Å². The molecule has 1 atom stereocenters. The van der Waals surface area contributed by atoms with Gasteiger partial charge in [0.2, 0.25) is 0 Å². The van der Waals surface area contributed by atoms with Crippen molar-refractivity contribution in [1.29, 1.82) is 0 Å². The lowest BCUT2D eigenvalue weighted by molar-refractivity contribution is 0.354. The molecule has 0 fully saturated rings. The third-order valence-electron chi connectivity index (χ3n) is 4.09. The maximum atomic E-state index is 13.2. The summed E-state index contributed by atoms with van der Waals surface area (Å²) in [5, 5.41) is 6.47. The topological polar surface area (TPSA) is 60.1 Å². The van der Waals surface area contributed by atoms with E-state index in [2.05, 4.69) is 5.10 Å². The largest absolute Gasteiger partial charge is 0.493 e. The van der Waals surface area contributed by atoms with E-state index in [0.717, 1.165) is 17.0 Å². The van der Waals surface area contributed by atoms with E-state index in [4.69, 9.17) is 15.2 Å². The molecule has 0 saturated carbocycles. The number of nitrogens with zero attached hydrogens (tertiary/aromatic N) is 2. The van der Waals surface area contributed by atoms with Gasteiger partial charge in [-0.25, -0.2) is 4.39 Å². The number of anilines is 1. The van der Waals surface area contributed by atoms with Crippen molar-refractivity contribution in [2.24, 2.45) is 10.8 Å². The standard InChI is InChI=1S/C18H20FN3O2/c1-23-17-8-3-12(9-18(17)24-2)16-10-14(11-20)21-22(16)15-6-4-13(19)5-7-15/h3-9,16H,10-11,20H2,1-2H3. The van der Waals surface area contributed by atoms with Crippen molar-refractivity contribution < 1.29 is 13.9 Å². The Morgan fingerprint density at radius 3 is 2.46 bits per heavy atom. The van der Waals surface area contributed by atoms with Crippen molar-refractivity contribution >= 4 is 11.4 Å². The molecule has 24 heavy (non-hydrogen) atoms. The fourth-order valence-corrected chi connectivity index (χ4v) is 2.85. The minimum absolute atomic E-state index is 0.0196. The molecule has 0 radical (unpaired) electrons. The second-order valence-corrected chi connectivity index (χ2v) is 5.53. The second-order valence-electron chi connectivity index (χ2n) is 5.53. The summed E-state index contributed by atoms with van der Waals surface area (Å²) < 4.78 is 23.9. The molecule has 1 aliphatic heterocycles. The smallest absolute Gasteiger partial charge is 0.161 e. The van der Waals surface area contributed by atoms with E-state index >= 15 is 0 Å². The molecule has 6 heteroatoms. The molecular formula is C18H20FN3O2. The highest BCUT2D eigenvalue weighted by Crippen LogP contribution is 2.38. The summed E-state index contributed by atoms with van der Waals surface area (Å²) in [6.45, 7) is 0.390. The van der Waals surface area contributed by atoms with Gasteiger partial charge in [0.25, 0.3) is 0 Å². The molecule has 0 aromatic heterocycles. The molecule has 3 rings (SSSR count). The van der Waals surface area contributed by atoms with Gasteiger partial charge >= 0.3 is 0 Å². The van der Waals surface area contributed by atoms with Crippen LogP contribution in [0.1, 0.15) is 18.0 Å². The quantitative estimate of drug-likeness (QED) is 0.916. The Labute approximate surface area is 140 Å². The summed E-state index contributed by atoms with van der Waals surface area (Å²) in [6, 6.07) is 12.1. The van der Waals surface area contributed by atoms with E-state index < -0.39 is 0 Å². The van der Waals surface area contributed by atoms with Gasteiger partial charge in [0.05, 0.1) is 31.7 Å². The molecule has 0 saturated heterocycles. The van der Waals surface area contributed by atoms with Crippen LogP contribution in [0.3, 0.4) is 0 Å². The fraction of sp³-hybridized carbons (Fsp3) is 0.278. The number of methoxy groups -OCH3 is 2. The number of hydrogen-bond donors (Lipinski definition) is 1. The van der Waals surface area contributed by atoms with Gasteiger partial charge in [0.1, 0.15) is 5.82 Å². The molecule has 0 amide bonds. The molecule has 1 heterocycles. The van der Waals surface area contributed by atoms with Crippen molar-refractivity contribution in [3.8, 4) is 11.5 Å². The number of halogens is 1. The van der Waals surface area contributed by atoms with Crippen LogP contribution >= 0.6 is 0 Å². The maximum Gasteiger partial charge on any atom is 0.161 e. The number of benzene rings is 2.